The van der Waals surface area contributed by atoms with E-state index >= 15 is 0 Å². The Bertz CT molecular complexity index is 903. The number of amides is 1. The number of thiophene rings is 1. The van der Waals surface area contributed by atoms with Crippen LogP contribution in [0.5, 0.6) is 0 Å². The molecule has 0 unspecified atom stereocenters. The van der Waals surface area contributed by atoms with E-state index in [0.29, 0.717) is 10.3 Å². The monoisotopic (exact) mass is 351 g/mol. The van der Waals surface area contributed by atoms with Crippen molar-refractivity contribution in [2.24, 2.45) is 0 Å². The summed E-state index contributed by atoms with van der Waals surface area (Å²) in [4.78, 5) is 12.6. The number of carbonyl (C=O) groups excluding carboxylic acids is 1. The lowest BCUT2D eigenvalue weighted by Gasteiger charge is -2.08. The molecule has 0 radical (unpaired) electrons. The first-order chi connectivity index (χ1) is 11.5. The summed E-state index contributed by atoms with van der Waals surface area (Å²) in [6.45, 7) is 0.00341. The van der Waals surface area contributed by atoms with Gasteiger partial charge < -0.3 is 10.1 Å². The van der Waals surface area contributed by atoms with E-state index in [2.05, 4.69) is 5.32 Å². The van der Waals surface area contributed by atoms with Crippen molar-refractivity contribution >= 4 is 33.0 Å². The fraction of sp³-hybridized carbons (Fsp3) is 0.118. The van der Waals surface area contributed by atoms with Crippen LogP contribution in [0.4, 0.5) is 18.9 Å². The molecule has 2 aromatic carbocycles. The van der Waals surface area contributed by atoms with Crippen LogP contribution in [-0.4, -0.2) is 13.0 Å². The van der Waals surface area contributed by atoms with Gasteiger partial charge in [0, 0.05) is 22.8 Å². The third-order valence-electron chi connectivity index (χ3n) is 3.46. The van der Waals surface area contributed by atoms with Gasteiger partial charge >= 0.3 is 0 Å². The second kappa shape index (κ2) is 6.62. The molecule has 0 spiro atoms. The van der Waals surface area contributed by atoms with Crippen LogP contribution in [0.3, 0.4) is 0 Å². The van der Waals surface area contributed by atoms with Gasteiger partial charge in [-0.15, -0.1) is 11.3 Å². The fourth-order valence-corrected chi connectivity index (χ4v) is 3.54. The van der Waals surface area contributed by atoms with Crippen molar-refractivity contribution in [2.75, 3.05) is 12.4 Å². The number of carbonyl (C=O) groups is 1. The predicted octanol–water partition coefficient (Wildman–Crippen LogP) is 4.72. The maximum Gasteiger partial charge on any atom is 0.266 e. The molecule has 1 heterocycles. The second-order valence-corrected chi connectivity index (χ2v) is 6.06. The summed E-state index contributed by atoms with van der Waals surface area (Å²) in [6.07, 6.45) is 0. The molecule has 1 aromatic heterocycles. The van der Waals surface area contributed by atoms with Gasteiger partial charge in [-0.2, -0.15) is 0 Å². The van der Waals surface area contributed by atoms with Gasteiger partial charge in [-0.25, -0.2) is 13.2 Å². The number of halogens is 3. The lowest BCUT2D eigenvalue weighted by molar-refractivity contribution is 0.102. The average molecular weight is 351 g/mol. The standard InChI is InChI=1S/C17H12F3NO2S/c1-23-8-9-14-10(18)4-3-7-13(14)24-16(9)17(22)21-15-11(19)5-2-6-12(15)20/h2-7H,8H2,1H3,(H,21,22). The van der Waals surface area contributed by atoms with E-state index in [9.17, 15) is 18.0 Å². The van der Waals surface area contributed by atoms with E-state index in [1.54, 1.807) is 6.07 Å². The maximum atomic E-state index is 14.1. The SMILES string of the molecule is COCc1c(C(=O)Nc2c(F)cccc2F)sc2cccc(F)c12. The molecule has 0 aliphatic carbocycles. The van der Waals surface area contributed by atoms with E-state index in [1.165, 1.54) is 25.3 Å². The molecular formula is C17H12F3NO2S. The molecule has 0 fully saturated rings. The van der Waals surface area contributed by atoms with Crippen molar-refractivity contribution in [3.63, 3.8) is 0 Å². The zero-order chi connectivity index (χ0) is 17.3. The number of fused-ring (bicyclic) bond motifs is 1. The lowest BCUT2D eigenvalue weighted by Crippen LogP contribution is -2.14. The van der Waals surface area contributed by atoms with Crippen LogP contribution in [0, 0.1) is 17.5 Å². The fourth-order valence-electron chi connectivity index (χ4n) is 2.42. The van der Waals surface area contributed by atoms with Gasteiger partial charge in [-0.3, -0.25) is 4.79 Å². The van der Waals surface area contributed by atoms with Gasteiger partial charge in [0.15, 0.2) is 0 Å². The predicted molar refractivity (Wildman–Crippen MR) is 86.8 cm³/mol. The number of rotatable bonds is 4. The number of anilines is 1. The van der Waals surface area contributed by atoms with Crippen LogP contribution in [0.25, 0.3) is 10.1 Å². The Morgan fingerprint density at radius 3 is 2.38 bits per heavy atom. The molecule has 3 aromatic rings. The molecule has 7 heteroatoms. The van der Waals surface area contributed by atoms with Crippen molar-refractivity contribution < 1.29 is 22.7 Å². The first kappa shape index (κ1) is 16.5. The first-order valence-corrected chi connectivity index (χ1v) is 7.78. The van der Waals surface area contributed by atoms with E-state index in [-0.39, 0.29) is 16.9 Å². The van der Waals surface area contributed by atoms with Crippen molar-refractivity contribution in [3.05, 3.63) is 64.3 Å². The number of hydrogen-bond acceptors (Lipinski definition) is 3. The lowest BCUT2D eigenvalue weighted by atomic mass is 10.1. The van der Waals surface area contributed by atoms with Crippen LogP contribution in [0.1, 0.15) is 15.2 Å². The smallest absolute Gasteiger partial charge is 0.266 e. The van der Waals surface area contributed by atoms with Crippen LogP contribution < -0.4 is 5.32 Å². The van der Waals surface area contributed by atoms with E-state index in [0.717, 1.165) is 23.5 Å². The highest BCUT2D eigenvalue weighted by Crippen LogP contribution is 2.34. The minimum absolute atomic E-state index is 0.00341. The molecule has 3 nitrogen and oxygen atoms in total. The normalized spacial score (nSPS) is 11.0. The Labute approximate surface area is 139 Å². The minimum atomic E-state index is -0.885. The molecule has 0 saturated carbocycles. The number of methoxy groups -OCH3 is 1. The van der Waals surface area contributed by atoms with Gasteiger partial charge in [0.25, 0.3) is 5.91 Å². The zero-order valence-corrected chi connectivity index (χ0v) is 13.3. The molecule has 0 aliphatic heterocycles. The Balaban J connectivity index is 2.07. The van der Waals surface area contributed by atoms with E-state index < -0.39 is 29.0 Å². The summed E-state index contributed by atoms with van der Waals surface area (Å²) >= 11 is 1.04. The van der Waals surface area contributed by atoms with Gasteiger partial charge in [0.05, 0.1) is 11.5 Å². The molecule has 0 atom stereocenters. The maximum absolute atomic E-state index is 14.1. The quantitative estimate of drug-likeness (QED) is 0.739. The molecular weight excluding hydrogens is 339 g/mol. The van der Waals surface area contributed by atoms with Gasteiger partial charge in [0.1, 0.15) is 23.1 Å². The second-order valence-electron chi connectivity index (χ2n) is 5.01. The highest BCUT2D eigenvalue weighted by molar-refractivity contribution is 7.21. The summed E-state index contributed by atoms with van der Waals surface area (Å²) in [5, 5.41) is 2.50. The highest BCUT2D eigenvalue weighted by Gasteiger charge is 2.22. The van der Waals surface area contributed by atoms with Crippen molar-refractivity contribution in [1.29, 1.82) is 0 Å². The Morgan fingerprint density at radius 2 is 1.71 bits per heavy atom. The van der Waals surface area contributed by atoms with E-state index in [1.807, 2.05) is 0 Å². The van der Waals surface area contributed by atoms with Gasteiger partial charge in [-0.1, -0.05) is 12.1 Å². The minimum Gasteiger partial charge on any atom is -0.380 e. The van der Waals surface area contributed by atoms with Crippen LogP contribution in [-0.2, 0) is 11.3 Å². The highest BCUT2D eigenvalue weighted by atomic mass is 32.1. The Hall–Kier alpha value is -2.38. The molecule has 3 rings (SSSR count). The number of hydrogen-bond donors (Lipinski definition) is 1. The van der Waals surface area contributed by atoms with Gasteiger partial charge in [0.2, 0.25) is 0 Å². The number of ether oxygens (including phenoxy) is 1. The largest absolute Gasteiger partial charge is 0.380 e. The van der Waals surface area contributed by atoms with Crippen molar-refractivity contribution in [2.45, 2.75) is 6.61 Å². The average Bonchev–Trinajstić information content (AvgIpc) is 2.91. The summed E-state index contributed by atoms with van der Waals surface area (Å²) in [5.41, 5.74) is -0.186. The molecule has 0 saturated heterocycles. The Morgan fingerprint density at radius 1 is 1.08 bits per heavy atom. The Kier molecular flexibility index (Phi) is 4.55. The zero-order valence-electron chi connectivity index (χ0n) is 12.5. The van der Waals surface area contributed by atoms with E-state index in [4.69, 9.17) is 4.74 Å². The summed E-state index contributed by atoms with van der Waals surface area (Å²) in [6, 6.07) is 7.77. The van der Waals surface area contributed by atoms with Crippen molar-refractivity contribution in [1.82, 2.24) is 0 Å². The van der Waals surface area contributed by atoms with Crippen LogP contribution >= 0.6 is 11.3 Å². The summed E-state index contributed by atoms with van der Waals surface area (Å²) in [5.74, 6) is -2.97. The van der Waals surface area contributed by atoms with Crippen LogP contribution in [0.2, 0.25) is 0 Å². The molecule has 1 amide bonds. The van der Waals surface area contributed by atoms with Crippen LogP contribution in [0.15, 0.2) is 36.4 Å². The van der Waals surface area contributed by atoms with Crippen molar-refractivity contribution in [3.8, 4) is 0 Å². The summed E-state index contributed by atoms with van der Waals surface area (Å²) < 4.78 is 47.1. The number of benzene rings is 2. The molecule has 0 aliphatic rings. The first-order valence-electron chi connectivity index (χ1n) is 6.97. The molecule has 0 bridgehead atoms. The topological polar surface area (TPSA) is 38.3 Å². The molecule has 124 valence electrons. The summed E-state index contributed by atoms with van der Waals surface area (Å²) in [7, 11) is 1.42. The number of para-hydroxylation sites is 1. The molecule has 1 N–H and O–H groups in total. The van der Waals surface area contributed by atoms with Gasteiger partial charge in [-0.05, 0) is 24.3 Å². The molecule has 24 heavy (non-hydrogen) atoms. The third-order valence-corrected chi connectivity index (χ3v) is 4.66. The number of nitrogens with one attached hydrogen (secondary N) is 1. The third kappa shape index (κ3) is 2.88.